The van der Waals surface area contributed by atoms with Crippen molar-refractivity contribution in [3.05, 3.63) is 76.2 Å². The van der Waals surface area contributed by atoms with E-state index < -0.39 is 0 Å². The van der Waals surface area contributed by atoms with Crippen LogP contribution in [-0.2, 0) is 20.0 Å². The number of aryl methyl sites for hydroxylation is 3. The van der Waals surface area contributed by atoms with Crippen molar-refractivity contribution in [3.63, 3.8) is 0 Å². The number of carbonyl (C=O) groups excluding carboxylic acids is 1. The van der Waals surface area contributed by atoms with Gasteiger partial charge in [0.25, 0.3) is 11.8 Å². The normalized spacial score (nSPS) is 13.3. The van der Waals surface area contributed by atoms with Crippen LogP contribution in [0.25, 0.3) is 23.0 Å². The van der Waals surface area contributed by atoms with Crippen molar-refractivity contribution < 1.29 is 13.7 Å². The molecule has 0 aliphatic carbocycles. The minimum Gasteiger partial charge on any atom is -0.334 e. The van der Waals surface area contributed by atoms with Crippen LogP contribution in [0.3, 0.4) is 0 Å². The molecule has 2 aromatic carbocycles. The summed E-state index contributed by atoms with van der Waals surface area (Å²) < 4.78 is 20.9. The molecule has 32 heavy (non-hydrogen) atoms. The van der Waals surface area contributed by atoms with E-state index in [0.29, 0.717) is 36.3 Å². The van der Waals surface area contributed by atoms with Crippen molar-refractivity contribution >= 4 is 5.91 Å². The van der Waals surface area contributed by atoms with E-state index in [2.05, 4.69) is 15.2 Å². The fourth-order valence-corrected chi connectivity index (χ4v) is 4.23. The number of hydrogen-bond donors (Lipinski definition) is 0. The summed E-state index contributed by atoms with van der Waals surface area (Å²) in [6.45, 7) is 4.98. The van der Waals surface area contributed by atoms with Gasteiger partial charge in [0.05, 0.1) is 6.54 Å². The molecular formula is C24H22FN5O2. The van der Waals surface area contributed by atoms with Crippen LogP contribution in [0.15, 0.2) is 47.0 Å². The van der Waals surface area contributed by atoms with Gasteiger partial charge < -0.3 is 9.42 Å². The van der Waals surface area contributed by atoms with Crippen LogP contribution < -0.4 is 0 Å². The Morgan fingerprint density at radius 3 is 2.78 bits per heavy atom. The number of fused-ring (bicyclic) bond motifs is 1. The molecule has 0 fully saturated rings. The lowest BCUT2D eigenvalue weighted by Crippen LogP contribution is -2.36. The Kier molecular flexibility index (Phi) is 4.84. The second kappa shape index (κ2) is 7.71. The summed E-state index contributed by atoms with van der Waals surface area (Å²) in [5.74, 6) is 0.165. The van der Waals surface area contributed by atoms with E-state index in [1.807, 2.05) is 44.0 Å². The van der Waals surface area contributed by atoms with Crippen LogP contribution in [0, 0.1) is 19.7 Å². The van der Waals surface area contributed by atoms with E-state index >= 15 is 0 Å². The maximum Gasteiger partial charge on any atom is 0.279 e. The Labute approximate surface area is 184 Å². The highest BCUT2D eigenvalue weighted by molar-refractivity contribution is 5.96. The molecule has 1 aliphatic heterocycles. The third kappa shape index (κ3) is 3.47. The predicted molar refractivity (Wildman–Crippen MR) is 116 cm³/mol. The van der Waals surface area contributed by atoms with Crippen molar-refractivity contribution in [3.8, 4) is 23.0 Å². The van der Waals surface area contributed by atoms with Gasteiger partial charge in [0.2, 0.25) is 5.82 Å². The number of hydrogen-bond acceptors (Lipinski definition) is 5. The highest BCUT2D eigenvalue weighted by Gasteiger charge is 2.30. The topological polar surface area (TPSA) is 77.1 Å². The van der Waals surface area contributed by atoms with E-state index in [1.54, 1.807) is 16.8 Å². The Hall–Kier alpha value is -3.81. The van der Waals surface area contributed by atoms with Crippen molar-refractivity contribution in [2.45, 2.75) is 26.8 Å². The number of rotatable bonds is 3. The Bertz CT molecular complexity index is 1340. The van der Waals surface area contributed by atoms with Gasteiger partial charge >= 0.3 is 0 Å². The Morgan fingerprint density at radius 1 is 1.16 bits per heavy atom. The maximum atomic E-state index is 13.6. The molecule has 0 saturated carbocycles. The SMILES string of the molecule is Cc1ccc(C(=O)N2CCc3c(c(-c4nc(-c5cccc(F)c5)no4)nn3C)C2)c(C)c1. The monoisotopic (exact) mass is 431 g/mol. The lowest BCUT2D eigenvalue weighted by molar-refractivity contribution is 0.0733. The molecular weight excluding hydrogens is 409 g/mol. The smallest absolute Gasteiger partial charge is 0.279 e. The van der Waals surface area contributed by atoms with Gasteiger partial charge in [0, 0.05) is 42.4 Å². The molecule has 8 heteroatoms. The molecule has 1 amide bonds. The average Bonchev–Trinajstić information content (AvgIpc) is 3.38. The molecule has 0 bridgehead atoms. The van der Waals surface area contributed by atoms with E-state index in [-0.39, 0.29) is 23.4 Å². The van der Waals surface area contributed by atoms with Crippen molar-refractivity contribution in [1.29, 1.82) is 0 Å². The highest BCUT2D eigenvalue weighted by Crippen LogP contribution is 2.31. The third-order valence-corrected chi connectivity index (χ3v) is 5.85. The zero-order valence-corrected chi connectivity index (χ0v) is 18.1. The number of nitrogens with zero attached hydrogens (tertiary/aromatic N) is 5. The third-order valence-electron chi connectivity index (χ3n) is 5.85. The van der Waals surface area contributed by atoms with E-state index in [0.717, 1.165) is 22.4 Å². The van der Waals surface area contributed by atoms with Gasteiger partial charge in [-0.1, -0.05) is 35.0 Å². The molecule has 5 rings (SSSR count). The number of amides is 1. The minimum absolute atomic E-state index is 0.00562. The maximum absolute atomic E-state index is 13.6. The van der Waals surface area contributed by atoms with E-state index in [9.17, 15) is 9.18 Å². The minimum atomic E-state index is -0.371. The van der Waals surface area contributed by atoms with Crippen LogP contribution in [0.5, 0.6) is 0 Å². The van der Waals surface area contributed by atoms with Gasteiger partial charge in [-0.05, 0) is 37.6 Å². The van der Waals surface area contributed by atoms with Crippen LogP contribution in [-0.4, -0.2) is 37.3 Å². The fraction of sp³-hybridized carbons (Fsp3) is 0.250. The van der Waals surface area contributed by atoms with Gasteiger partial charge in [-0.25, -0.2) is 4.39 Å². The predicted octanol–water partition coefficient (Wildman–Crippen LogP) is 4.09. The van der Waals surface area contributed by atoms with Gasteiger partial charge in [-0.15, -0.1) is 0 Å². The summed E-state index contributed by atoms with van der Waals surface area (Å²) in [7, 11) is 1.87. The van der Waals surface area contributed by atoms with Crippen LogP contribution in [0.1, 0.15) is 32.7 Å². The first kappa shape index (κ1) is 20.1. The second-order valence-electron chi connectivity index (χ2n) is 8.13. The molecule has 4 aromatic rings. The summed E-state index contributed by atoms with van der Waals surface area (Å²) >= 11 is 0. The number of benzene rings is 2. The van der Waals surface area contributed by atoms with Crippen LogP contribution in [0.2, 0.25) is 0 Å². The number of halogens is 1. The Balaban J connectivity index is 1.47. The first-order valence-electron chi connectivity index (χ1n) is 10.4. The molecule has 0 N–H and O–H groups in total. The fourth-order valence-electron chi connectivity index (χ4n) is 4.23. The molecule has 0 saturated heterocycles. The van der Waals surface area contributed by atoms with Crippen LogP contribution >= 0.6 is 0 Å². The molecule has 3 heterocycles. The van der Waals surface area contributed by atoms with Crippen molar-refractivity contribution in [2.24, 2.45) is 7.05 Å². The lowest BCUT2D eigenvalue weighted by atomic mass is 10.0. The van der Waals surface area contributed by atoms with Gasteiger partial charge in [0.1, 0.15) is 5.82 Å². The molecule has 0 unspecified atom stereocenters. The molecule has 162 valence electrons. The van der Waals surface area contributed by atoms with Gasteiger partial charge in [0.15, 0.2) is 5.69 Å². The molecule has 2 aromatic heterocycles. The molecule has 0 atom stereocenters. The standard InChI is InChI=1S/C24H22FN5O2/c1-14-7-8-18(15(2)11-14)24(31)30-10-9-20-19(13-30)21(27-29(20)3)23-26-22(28-32-23)16-5-4-6-17(25)12-16/h4-8,11-12H,9-10,13H2,1-3H3. The van der Waals surface area contributed by atoms with Crippen LogP contribution in [0.4, 0.5) is 4.39 Å². The largest absolute Gasteiger partial charge is 0.334 e. The molecule has 0 radical (unpaired) electrons. The molecule has 1 aliphatic rings. The zero-order chi connectivity index (χ0) is 22.4. The average molecular weight is 431 g/mol. The first-order valence-corrected chi connectivity index (χ1v) is 10.4. The summed E-state index contributed by atoms with van der Waals surface area (Å²) in [5.41, 5.74) is 5.80. The van der Waals surface area contributed by atoms with Gasteiger partial charge in [-0.2, -0.15) is 10.1 Å². The molecule has 7 nitrogen and oxygen atoms in total. The first-order chi connectivity index (χ1) is 15.4. The van der Waals surface area contributed by atoms with Crippen molar-refractivity contribution in [2.75, 3.05) is 6.54 Å². The van der Waals surface area contributed by atoms with E-state index in [4.69, 9.17) is 4.52 Å². The van der Waals surface area contributed by atoms with Crippen molar-refractivity contribution in [1.82, 2.24) is 24.8 Å². The summed E-state index contributed by atoms with van der Waals surface area (Å²) in [6, 6.07) is 11.9. The summed E-state index contributed by atoms with van der Waals surface area (Å²) in [6.07, 6.45) is 0.681. The quantitative estimate of drug-likeness (QED) is 0.488. The second-order valence-corrected chi connectivity index (χ2v) is 8.13. The summed E-state index contributed by atoms with van der Waals surface area (Å²) in [4.78, 5) is 19.5. The lowest BCUT2D eigenvalue weighted by Gasteiger charge is -2.28. The van der Waals surface area contributed by atoms with Gasteiger partial charge in [-0.3, -0.25) is 9.48 Å². The van der Waals surface area contributed by atoms with E-state index in [1.165, 1.54) is 12.1 Å². The molecule has 0 spiro atoms. The number of aromatic nitrogens is 4. The Morgan fingerprint density at radius 2 is 2.00 bits per heavy atom. The number of carbonyl (C=O) groups is 1. The zero-order valence-electron chi connectivity index (χ0n) is 18.1. The highest BCUT2D eigenvalue weighted by atomic mass is 19.1. The summed E-state index contributed by atoms with van der Waals surface area (Å²) in [5, 5.41) is 8.59.